The summed E-state index contributed by atoms with van der Waals surface area (Å²) in [6.45, 7) is 1.96. The molecular weight excluding hydrogens is 385 g/mol. The van der Waals surface area contributed by atoms with Gasteiger partial charge in [-0.05, 0) is 0 Å². The Balaban J connectivity index is 1.90. The number of amides is 1. The standard InChI is InChI=1S/C14H10BrN3OSe/c1-8-5-9(7-10(15)6-8)14(19)16-11-3-2-4-12-13(11)18-20-17-12/h2-7H,1H3,(H,16,19). The minimum atomic E-state index is -0.141. The molecule has 2 aromatic carbocycles. The van der Waals surface area contributed by atoms with Crippen molar-refractivity contribution in [2.45, 2.75) is 6.92 Å². The number of benzene rings is 2. The van der Waals surface area contributed by atoms with Crippen LogP contribution >= 0.6 is 15.9 Å². The van der Waals surface area contributed by atoms with Crippen LogP contribution in [0, 0.1) is 6.92 Å². The number of halogens is 1. The number of carbonyl (C=O) groups is 1. The summed E-state index contributed by atoms with van der Waals surface area (Å²) in [6.07, 6.45) is 0. The molecule has 0 spiro atoms. The van der Waals surface area contributed by atoms with E-state index in [1.165, 1.54) is 0 Å². The Kier molecular flexibility index (Phi) is 3.70. The van der Waals surface area contributed by atoms with E-state index in [2.05, 4.69) is 29.2 Å². The second-order valence-electron chi connectivity index (χ2n) is 4.41. The molecule has 1 N–H and O–H groups in total. The minimum absolute atomic E-state index is 0.102. The van der Waals surface area contributed by atoms with Crippen molar-refractivity contribution in [3.63, 3.8) is 0 Å². The van der Waals surface area contributed by atoms with E-state index >= 15 is 0 Å². The SMILES string of the molecule is Cc1cc(Br)cc(C(=O)Nc2cccc3c2N=[Se]=N3)c1. The quantitative estimate of drug-likeness (QED) is 0.645. The Morgan fingerprint density at radius 3 is 2.90 bits per heavy atom. The van der Waals surface area contributed by atoms with Gasteiger partial charge < -0.3 is 0 Å². The van der Waals surface area contributed by atoms with Gasteiger partial charge in [-0.1, -0.05) is 0 Å². The zero-order valence-corrected chi connectivity index (χ0v) is 13.9. The molecule has 0 aromatic heterocycles. The fraction of sp³-hybridized carbons (Fsp3) is 0.0714. The molecular formula is C14H10BrN3OSe. The van der Waals surface area contributed by atoms with Gasteiger partial charge in [0, 0.05) is 0 Å². The number of hydrogen-bond donors (Lipinski definition) is 1. The maximum absolute atomic E-state index is 12.3. The van der Waals surface area contributed by atoms with Gasteiger partial charge >= 0.3 is 130 Å². The molecule has 6 heteroatoms. The molecule has 3 rings (SSSR count). The summed E-state index contributed by atoms with van der Waals surface area (Å²) in [5, 5.41) is 2.91. The van der Waals surface area contributed by atoms with Crippen molar-refractivity contribution in [2.24, 2.45) is 7.92 Å². The molecule has 0 saturated carbocycles. The summed E-state index contributed by atoms with van der Waals surface area (Å²) in [7, 11) is 0. The summed E-state index contributed by atoms with van der Waals surface area (Å²) in [5.74, 6) is -0.141. The van der Waals surface area contributed by atoms with Crippen molar-refractivity contribution < 1.29 is 4.79 Å². The number of rotatable bonds is 2. The molecule has 0 unspecified atom stereocenters. The third kappa shape index (κ3) is 2.68. The third-order valence-electron chi connectivity index (χ3n) is 2.84. The van der Waals surface area contributed by atoms with Gasteiger partial charge in [-0.2, -0.15) is 0 Å². The fourth-order valence-electron chi connectivity index (χ4n) is 1.97. The summed E-state index contributed by atoms with van der Waals surface area (Å²) < 4.78 is 9.55. The van der Waals surface area contributed by atoms with Crippen LogP contribution in [0.3, 0.4) is 0 Å². The molecule has 0 aliphatic carbocycles. The second-order valence-corrected chi connectivity index (χ2v) is 6.43. The molecule has 4 nitrogen and oxygen atoms in total. The van der Waals surface area contributed by atoms with Gasteiger partial charge in [0.1, 0.15) is 0 Å². The van der Waals surface area contributed by atoms with Gasteiger partial charge in [0.15, 0.2) is 0 Å². The molecule has 0 atom stereocenters. The van der Waals surface area contributed by atoms with Gasteiger partial charge in [0.25, 0.3) is 0 Å². The zero-order chi connectivity index (χ0) is 14.1. The summed E-state index contributed by atoms with van der Waals surface area (Å²) >= 11 is 3.30. The van der Waals surface area contributed by atoms with E-state index in [0.29, 0.717) is 11.3 Å². The van der Waals surface area contributed by atoms with Crippen LogP contribution < -0.4 is 5.32 Å². The number of fused-ring (bicyclic) bond motifs is 1. The van der Waals surface area contributed by atoms with Crippen LogP contribution in [0.2, 0.25) is 0 Å². The first-order valence-electron chi connectivity index (χ1n) is 5.93. The van der Waals surface area contributed by atoms with Gasteiger partial charge in [-0.3, -0.25) is 0 Å². The summed E-state index contributed by atoms with van der Waals surface area (Å²) in [4.78, 5) is 12.3. The van der Waals surface area contributed by atoms with Crippen LogP contribution in [0.25, 0.3) is 0 Å². The Hall–Kier alpha value is -1.49. The van der Waals surface area contributed by atoms with Crippen molar-refractivity contribution in [1.82, 2.24) is 0 Å². The predicted molar refractivity (Wildman–Crippen MR) is 83.2 cm³/mol. The van der Waals surface area contributed by atoms with Gasteiger partial charge in [-0.15, -0.1) is 0 Å². The van der Waals surface area contributed by atoms with Crippen molar-refractivity contribution in [3.8, 4) is 0 Å². The third-order valence-corrected chi connectivity index (χ3v) is 4.43. The van der Waals surface area contributed by atoms with Crippen molar-refractivity contribution in [2.75, 3.05) is 5.32 Å². The van der Waals surface area contributed by atoms with E-state index in [4.69, 9.17) is 0 Å². The molecule has 0 bridgehead atoms. The molecule has 1 amide bonds. The van der Waals surface area contributed by atoms with Crippen molar-refractivity contribution in [1.29, 1.82) is 0 Å². The Morgan fingerprint density at radius 2 is 2.10 bits per heavy atom. The average molecular weight is 395 g/mol. The number of nitrogens with zero attached hydrogens (tertiary/aromatic N) is 2. The number of carbonyl (C=O) groups excluding carboxylic acids is 1. The topological polar surface area (TPSA) is 53.8 Å². The monoisotopic (exact) mass is 395 g/mol. The number of anilines is 1. The molecule has 0 saturated heterocycles. The van der Waals surface area contributed by atoms with E-state index in [-0.39, 0.29) is 20.5 Å². The van der Waals surface area contributed by atoms with E-state index < -0.39 is 0 Å². The average Bonchev–Trinajstić information content (AvgIpc) is 2.87. The van der Waals surface area contributed by atoms with Gasteiger partial charge in [0.05, 0.1) is 0 Å². The first kappa shape index (κ1) is 13.5. The van der Waals surface area contributed by atoms with E-state index in [1.54, 1.807) is 6.07 Å². The first-order chi connectivity index (χ1) is 9.63. The Labute approximate surface area is 130 Å². The van der Waals surface area contributed by atoms with E-state index in [0.717, 1.165) is 21.4 Å². The molecule has 100 valence electrons. The number of hydrogen-bond acceptors (Lipinski definition) is 3. The molecule has 1 heterocycles. The fourth-order valence-corrected chi connectivity index (χ4v) is 3.73. The molecule has 20 heavy (non-hydrogen) atoms. The normalized spacial score (nSPS) is 11.9. The Bertz CT molecular complexity index is 762. The summed E-state index contributed by atoms with van der Waals surface area (Å²) in [6, 6.07) is 11.3. The number of aryl methyl sites for hydroxylation is 1. The maximum atomic E-state index is 12.3. The van der Waals surface area contributed by atoms with Crippen LogP contribution in [0.15, 0.2) is 48.8 Å². The van der Waals surface area contributed by atoms with Crippen LogP contribution in [-0.4, -0.2) is 20.5 Å². The predicted octanol–water partition coefficient (Wildman–Crippen LogP) is 4.36. The molecule has 2 aromatic rings. The zero-order valence-electron chi connectivity index (χ0n) is 10.6. The van der Waals surface area contributed by atoms with Crippen LogP contribution in [0.4, 0.5) is 17.1 Å². The van der Waals surface area contributed by atoms with Gasteiger partial charge in [-0.25, -0.2) is 0 Å². The number of nitrogens with one attached hydrogen (secondary N) is 1. The first-order valence-corrected chi connectivity index (χ1v) is 8.26. The van der Waals surface area contributed by atoms with Crippen LogP contribution in [0.5, 0.6) is 0 Å². The van der Waals surface area contributed by atoms with Gasteiger partial charge in [0.2, 0.25) is 0 Å². The molecule has 1 aliphatic rings. The Morgan fingerprint density at radius 1 is 1.25 bits per heavy atom. The van der Waals surface area contributed by atoms with Crippen molar-refractivity contribution in [3.05, 3.63) is 52.0 Å². The van der Waals surface area contributed by atoms with Crippen molar-refractivity contribution >= 4 is 53.5 Å². The van der Waals surface area contributed by atoms with Crippen LogP contribution in [-0.2, 0) is 0 Å². The summed E-state index contributed by atoms with van der Waals surface area (Å²) in [5.41, 5.74) is 4.01. The molecule has 0 fully saturated rings. The molecule has 0 radical (unpaired) electrons. The second kappa shape index (κ2) is 5.48. The van der Waals surface area contributed by atoms with Crippen LogP contribution in [0.1, 0.15) is 15.9 Å². The molecule has 1 aliphatic heterocycles. The van der Waals surface area contributed by atoms with E-state index in [1.807, 2.05) is 37.3 Å². The van der Waals surface area contributed by atoms with E-state index in [9.17, 15) is 4.79 Å².